The highest BCUT2D eigenvalue weighted by atomic mass is 32.2. The number of hydrogen-bond acceptors (Lipinski definition) is 4. The van der Waals surface area contributed by atoms with Gasteiger partial charge in [0.05, 0.1) is 12.9 Å². The van der Waals surface area contributed by atoms with Crippen LogP contribution < -0.4 is 10.1 Å². The monoisotopic (exact) mass is 269 g/mol. The van der Waals surface area contributed by atoms with Crippen molar-refractivity contribution in [1.82, 2.24) is 5.32 Å². The average molecular weight is 269 g/mol. The molecule has 18 heavy (non-hydrogen) atoms. The van der Waals surface area contributed by atoms with E-state index in [4.69, 9.17) is 9.84 Å². The molecule has 1 amide bonds. The van der Waals surface area contributed by atoms with Gasteiger partial charge in [-0.3, -0.25) is 9.59 Å². The molecule has 0 aliphatic carbocycles. The highest BCUT2D eigenvalue weighted by Crippen LogP contribution is 2.20. The molecule has 0 saturated heterocycles. The first kappa shape index (κ1) is 14.4. The number of methoxy groups -OCH3 is 1. The molecule has 6 heteroatoms. The van der Waals surface area contributed by atoms with Gasteiger partial charge in [0, 0.05) is 4.90 Å². The Balaban J connectivity index is 2.40. The summed E-state index contributed by atoms with van der Waals surface area (Å²) >= 11 is 1.34. The Morgan fingerprint density at radius 1 is 1.39 bits per heavy atom. The van der Waals surface area contributed by atoms with Gasteiger partial charge in [-0.2, -0.15) is 0 Å². The fourth-order valence-corrected chi connectivity index (χ4v) is 1.88. The number of benzene rings is 1. The Labute approximate surface area is 110 Å². The van der Waals surface area contributed by atoms with Crippen molar-refractivity contribution >= 4 is 23.6 Å². The maximum Gasteiger partial charge on any atom is 0.325 e. The van der Waals surface area contributed by atoms with Crippen molar-refractivity contribution in [2.45, 2.75) is 17.9 Å². The second-order valence-electron chi connectivity index (χ2n) is 3.59. The van der Waals surface area contributed by atoms with E-state index in [0.717, 1.165) is 10.6 Å². The van der Waals surface area contributed by atoms with Gasteiger partial charge in [-0.05, 0) is 31.2 Å². The quantitative estimate of drug-likeness (QED) is 0.763. The fraction of sp³-hybridized carbons (Fsp3) is 0.333. The summed E-state index contributed by atoms with van der Waals surface area (Å²) in [7, 11) is 1.59. The number of aliphatic carboxylic acids is 1. The number of carbonyl (C=O) groups excluding carboxylic acids is 1. The number of rotatable bonds is 6. The number of hydrogen-bond donors (Lipinski definition) is 2. The van der Waals surface area contributed by atoms with Crippen LogP contribution in [-0.2, 0) is 9.59 Å². The van der Waals surface area contributed by atoms with Crippen LogP contribution in [0.3, 0.4) is 0 Å². The zero-order valence-corrected chi connectivity index (χ0v) is 11.0. The van der Waals surface area contributed by atoms with E-state index < -0.39 is 12.0 Å². The molecule has 0 aliphatic heterocycles. The summed E-state index contributed by atoms with van der Waals surface area (Å²) in [4.78, 5) is 22.9. The lowest BCUT2D eigenvalue weighted by atomic mass is 10.3. The Morgan fingerprint density at radius 3 is 2.50 bits per heavy atom. The fourth-order valence-electron chi connectivity index (χ4n) is 1.17. The number of carboxylic acids is 1. The summed E-state index contributed by atoms with van der Waals surface area (Å²) in [6.45, 7) is 1.43. The van der Waals surface area contributed by atoms with Crippen LogP contribution in [0, 0.1) is 0 Å². The SMILES string of the molecule is COc1ccc(SCC(=O)NC(C)C(=O)O)cc1. The van der Waals surface area contributed by atoms with E-state index in [1.165, 1.54) is 18.7 Å². The van der Waals surface area contributed by atoms with Crippen molar-refractivity contribution in [2.24, 2.45) is 0 Å². The molecule has 0 radical (unpaired) electrons. The molecule has 0 spiro atoms. The molecule has 98 valence electrons. The number of nitrogens with one attached hydrogen (secondary N) is 1. The van der Waals surface area contributed by atoms with Gasteiger partial charge < -0.3 is 15.2 Å². The molecule has 0 saturated carbocycles. The van der Waals surface area contributed by atoms with Crippen LogP contribution in [0.4, 0.5) is 0 Å². The Bertz CT molecular complexity index is 419. The van der Waals surface area contributed by atoms with Crippen LogP contribution in [0.1, 0.15) is 6.92 Å². The van der Waals surface area contributed by atoms with Crippen LogP contribution in [0.25, 0.3) is 0 Å². The summed E-state index contributed by atoms with van der Waals surface area (Å²) in [6, 6.07) is 6.43. The van der Waals surface area contributed by atoms with E-state index in [0.29, 0.717) is 0 Å². The van der Waals surface area contributed by atoms with Crippen LogP contribution in [0.2, 0.25) is 0 Å². The number of carbonyl (C=O) groups is 2. The molecular weight excluding hydrogens is 254 g/mol. The molecule has 1 rings (SSSR count). The predicted octanol–water partition coefficient (Wildman–Crippen LogP) is 1.38. The minimum Gasteiger partial charge on any atom is -0.497 e. The van der Waals surface area contributed by atoms with Gasteiger partial charge in [0.15, 0.2) is 0 Å². The van der Waals surface area contributed by atoms with E-state index in [-0.39, 0.29) is 11.7 Å². The molecule has 2 N–H and O–H groups in total. The van der Waals surface area contributed by atoms with Gasteiger partial charge in [0.2, 0.25) is 5.91 Å². The maximum absolute atomic E-state index is 11.4. The van der Waals surface area contributed by atoms with E-state index in [9.17, 15) is 9.59 Å². The second-order valence-corrected chi connectivity index (χ2v) is 4.64. The summed E-state index contributed by atoms with van der Waals surface area (Å²) in [6.07, 6.45) is 0. The minimum absolute atomic E-state index is 0.184. The van der Waals surface area contributed by atoms with Crippen LogP contribution >= 0.6 is 11.8 Å². The van der Waals surface area contributed by atoms with Crippen molar-refractivity contribution in [1.29, 1.82) is 0 Å². The van der Waals surface area contributed by atoms with Gasteiger partial charge in [0.1, 0.15) is 11.8 Å². The number of ether oxygens (including phenoxy) is 1. The third-order valence-corrected chi connectivity index (χ3v) is 3.19. The highest BCUT2D eigenvalue weighted by molar-refractivity contribution is 8.00. The maximum atomic E-state index is 11.4. The van der Waals surface area contributed by atoms with Gasteiger partial charge in [-0.1, -0.05) is 0 Å². The molecule has 0 fully saturated rings. The number of thioether (sulfide) groups is 1. The predicted molar refractivity (Wildman–Crippen MR) is 69.0 cm³/mol. The molecule has 5 nitrogen and oxygen atoms in total. The first-order valence-corrected chi connectivity index (χ1v) is 6.30. The zero-order valence-electron chi connectivity index (χ0n) is 10.2. The summed E-state index contributed by atoms with van der Waals surface area (Å²) in [5, 5.41) is 11.0. The summed E-state index contributed by atoms with van der Waals surface area (Å²) in [5.74, 6) is -0.406. The van der Waals surface area contributed by atoms with Crippen molar-refractivity contribution in [3.8, 4) is 5.75 Å². The van der Waals surface area contributed by atoms with Gasteiger partial charge in [-0.15, -0.1) is 11.8 Å². The number of amides is 1. The van der Waals surface area contributed by atoms with E-state index >= 15 is 0 Å². The van der Waals surface area contributed by atoms with Gasteiger partial charge in [-0.25, -0.2) is 0 Å². The molecule has 0 aromatic heterocycles. The van der Waals surface area contributed by atoms with Crippen molar-refractivity contribution in [3.63, 3.8) is 0 Å². The average Bonchev–Trinajstić information content (AvgIpc) is 2.36. The van der Waals surface area contributed by atoms with Crippen molar-refractivity contribution < 1.29 is 19.4 Å². The summed E-state index contributed by atoms with van der Waals surface area (Å²) < 4.78 is 5.02. The largest absolute Gasteiger partial charge is 0.497 e. The number of carboxylic acid groups (broad SMARTS) is 1. The molecular formula is C12H15NO4S. The first-order valence-electron chi connectivity index (χ1n) is 5.32. The topological polar surface area (TPSA) is 75.6 Å². The summed E-state index contributed by atoms with van der Waals surface area (Å²) in [5.41, 5.74) is 0. The standard InChI is InChI=1S/C12H15NO4S/c1-8(12(15)16)13-11(14)7-18-10-5-3-9(17-2)4-6-10/h3-6,8H,7H2,1-2H3,(H,13,14)(H,15,16). The zero-order chi connectivity index (χ0) is 13.5. The van der Waals surface area contributed by atoms with Crippen LogP contribution in [0.15, 0.2) is 29.2 Å². The molecule has 1 aromatic rings. The molecule has 0 heterocycles. The normalized spacial score (nSPS) is 11.7. The molecule has 1 unspecified atom stereocenters. The third-order valence-electron chi connectivity index (χ3n) is 2.18. The van der Waals surface area contributed by atoms with Gasteiger partial charge >= 0.3 is 5.97 Å². The molecule has 1 atom stereocenters. The second kappa shape index (κ2) is 6.90. The van der Waals surface area contributed by atoms with Crippen molar-refractivity contribution in [2.75, 3.05) is 12.9 Å². The van der Waals surface area contributed by atoms with Gasteiger partial charge in [0.25, 0.3) is 0 Å². The van der Waals surface area contributed by atoms with Crippen LogP contribution in [0.5, 0.6) is 5.75 Å². The van der Waals surface area contributed by atoms with Crippen LogP contribution in [-0.4, -0.2) is 35.9 Å². The lowest BCUT2D eigenvalue weighted by Gasteiger charge is -2.09. The van der Waals surface area contributed by atoms with E-state index in [1.54, 1.807) is 19.2 Å². The van der Waals surface area contributed by atoms with Crippen molar-refractivity contribution in [3.05, 3.63) is 24.3 Å². The third kappa shape index (κ3) is 4.67. The van der Waals surface area contributed by atoms with E-state index in [1.807, 2.05) is 12.1 Å². The van der Waals surface area contributed by atoms with E-state index in [2.05, 4.69) is 5.32 Å². The minimum atomic E-state index is -1.04. The molecule has 1 aromatic carbocycles. The first-order chi connectivity index (χ1) is 8.52. The smallest absolute Gasteiger partial charge is 0.325 e. The lowest BCUT2D eigenvalue weighted by molar-refractivity contribution is -0.140. The lowest BCUT2D eigenvalue weighted by Crippen LogP contribution is -2.39. The Kier molecular flexibility index (Phi) is 5.51. The Hall–Kier alpha value is -1.69. The highest BCUT2D eigenvalue weighted by Gasteiger charge is 2.13. The molecule has 0 bridgehead atoms. The Morgan fingerprint density at radius 2 is 2.00 bits per heavy atom. The molecule has 0 aliphatic rings.